The molecule has 1 aromatic carbocycles. The number of morpholine rings is 1. The van der Waals surface area contributed by atoms with Gasteiger partial charge in [-0.3, -0.25) is 14.6 Å². The van der Waals surface area contributed by atoms with E-state index in [1.807, 2.05) is 6.92 Å². The van der Waals surface area contributed by atoms with Gasteiger partial charge in [-0.25, -0.2) is 4.39 Å². The van der Waals surface area contributed by atoms with Crippen LogP contribution in [0.3, 0.4) is 0 Å². The Morgan fingerprint density at radius 2 is 1.94 bits per heavy atom. The SMILES string of the molecule is C[C@@H]1CN2C=C(C(=O)N3CCOCC3)C=C(C(=O)N[C@H](C)c3cccc(C(F)(F)F)c3F)C2=N1. The molecule has 2 amide bonds. The summed E-state index contributed by atoms with van der Waals surface area (Å²) in [7, 11) is 0. The molecule has 0 radical (unpaired) electrons. The number of alkyl halides is 3. The Hall–Kier alpha value is -3.21. The van der Waals surface area contributed by atoms with Gasteiger partial charge in [-0.15, -0.1) is 0 Å². The number of amidine groups is 1. The smallest absolute Gasteiger partial charge is 0.378 e. The number of nitrogens with one attached hydrogen (secondary N) is 1. The summed E-state index contributed by atoms with van der Waals surface area (Å²) >= 11 is 0. The van der Waals surface area contributed by atoms with E-state index in [0.717, 1.165) is 6.07 Å². The molecular formula is C23H24F4N4O3. The number of hydrogen-bond donors (Lipinski definition) is 1. The van der Waals surface area contributed by atoms with Crippen molar-refractivity contribution in [2.75, 3.05) is 32.8 Å². The van der Waals surface area contributed by atoms with Gasteiger partial charge in [-0.05, 0) is 26.0 Å². The summed E-state index contributed by atoms with van der Waals surface area (Å²) in [5.74, 6) is -2.00. The minimum Gasteiger partial charge on any atom is -0.378 e. The molecule has 4 rings (SSSR count). The van der Waals surface area contributed by atoms with Crippen molar-refractivity contribution in [3.05, 3.63) is 58.6 Å². The molecule has 2 atom stereocenters. The number of rotatable bonds is 4. The first-order valence-corrected chi connectivity index (χ1v) is 10.9. The first-order chi connectivity index (χ1) is 16.1. The zero-order chi connectivity index (χ0) is 24.6. The summed E-state index contributed by atoms with van der Waals surface area (Å²) in [5, 5.41) is 2.56. The van der Waals surface area contributed by atoms with Gasteiger partial charge in [-0.2, -0.15) is 13.2 Å². The fourth-order valence-corrected chi connectivity index (χ4v) is 4.15. The van der Waals surface area contributed by atoms with Crippen molar-refractivity contribution < 1.29 is 31.9 Å². The average Bonchev–Trinajstić information content (AvgIpc) is 3.17. The number of carbonyl (C=O) groups excluding carboxylic acids is 2. The van der Waals surface area contributed by atoms with E-state index in [2.05, 4.69) is 10.3 Å². The van der Waals surface area contributed by atoms with E-state index in [0.29, 0.717) is 44.8 Å². The van der Waals surface area contributed by atoms with E-state index in [4.69, 9.17) is 4.74 Å². The van der Waals surface area contributed by atoms with Crippen LogP contribution in [-0.2, 0) is 20.5 Å². The summed E-state index contributed by atoms with van der Waals surface area (Å²) in [6.45, 7) is 5.42. The summed E-state index contributed by atoms with van der Waals surface area (Å²) in [4.78, 5) is 34.0. The van der Waals surface area contributed by atoms with Crippen LogP contribution in [0.25, 0.3) is 0 Å². The quantitative estimate of drug-likeness (QED) is 0.673. The first kappa shape index (κ1) is 23.9. The maximum Gasteiger partial charge on any atom is 0.419 e. The molecule has 11 heteroatoms. The molecule has 0 bridgehead atoms. The Morgan fingerprint density at radius 3 is 2.62 bits per heavy atom. The van der Waals surface area contributed by atoms with Crippen LogP contribution in [0.1, 0.15) is 31.0 Å². The number of amides is 2. The largest absolute Gasteiger partial charge is 0.419 e. The van der Waals surface area contributed by atoms with Gasteiger partial charge in [-0.1, -0.05) is 12.1 Å². The third-order valence-electron chi connectivity index (χ3n) is 5.85. The van der Waals surface area contributed by atoms with Crippen molar-refractivity contribution >= 4 is 17.6 Å². The normalized spacial score (nSPS) is 21.4. The molecule has 7 nitrogen and oxygen atoms in total. The minimum absolute atomic E-state index is 0.0997. The van der Waals surface area contributed by atoms with Crippen LogP contribution in [0.4, 0.5) is 17.6 Å². The molecule has 0 unspecified atom stereocenters. The third kappa shape index (κ3) is 4.70. The van der Waals surface area contributed by atoms with Gasteiger partial charge in [0.05, 0.1) is 42.0 Å². The lowest BCUT2D eigenvalue weighted by atomic mass is 10.0. The molecule has 3 aliphatic rings. The average molecular weight is 480 g/mol. The fraction of sp³-hybridized carbons (Fsp3) is 0.435. The van der Waals surface area contributed by atoms with Gasteiger partial charge >= 0.3 is 6.18 Å². The predicted molar refractivity (Wildman–Crippen MR) is 115 cm³/mol. The van der Waals surface area contributed by atoms with E-state index < -0.39 is 29.5 Å². The third-order valence-corrected chi connectivity index (χ3v) is 5.85. The topological polar surface area (TPSA) is 74.2 Å². The molecule has 3 aliphatic heterocycles. The molecule has 3 heterocycles. The van der Waals surface area contributed by atoms with Gasteiger partial charge < -0.3 is 19.9 Å². The van der Waals surface area contributed by atoms with Gasteiger partial charge in [0.2, 0.25) is 0 Å². The van der Waals surface area contributed by atoms with E-state index in [9.17, 15) is 27.2 Å². The van der Waals surface area contributed by atoms with Gasteiger partial charge in [0.25, 0.3) is 11.8 Å². The summed E-state index contributed by atoms with van der Waals surface area (Å²) in [6, 6.07) is 1.75. The first-order valence-electron chi connectivity index (χ1n) is 10.9. The molecule has 34 heavy (non-hydrogen) atoms. The van der Waals surface area contributed by atoms with Crippen LogP contribution in [-0.4, -0.2) is 66.3 Å². The van der Waals surface area contributed by atoms with Gasteiger partial charge in [0.1, 0.15) is 11.7 Å². The van der Waals surface area contributed by atoms with Crippen molar-refractivity contribution in [2.24, 2.45) is 4.99 Å². The molecule has 1 aromatic rings. The Morgan fingerprint density at radius 1 is 1.24 bits per heavy atom. The Bertz CT molecular complexity index is 1090. The van der Waals surface area contributed by atoms with Crippen molar-refractivity contribution in [1.82, 2.24) is 15.1 Å². The van der Waals surface area contributed by atoms with Crippen LogP contribution in [0.5, 0.6) is 0 Å². The van der Waals surface area contributed by atoms with E-state index >= 15 is 0 Å². The zero-order valence-electron chi connectivity index (χ0n) is 18.7. The van der Waals surface area contributed by atoms with Crippen LogP contribution >= 0.6 is 0 Å². The van der Waals surface area contributed by atoms with E-state index in [1.165, 1.54) is 19.1 Å². The zero-order valence-corrected chi connectivity index (χ0v) is 18.7. The molecule has 182 valence electrons. The molecular weight excluding hydrogens is 456 g/mol. The number of benzene rings is 1. The van der Waals surface area contributed by atoms with E-state index in [1.54, 1.807) is 16.0 Å². The predicted octanol–water partition coefficient (Wildman–Crippen LogP) is 2.81. The lowest BCUT2D eigenvalue weighted by Crippen LogP contribution is -2.43. The lowest BCUT2D eigenvalue weighted by molar-refractivity contribution is -0.140. The van der Waals surface area contributed by atoms with E-state index in [-0.39, 0.29) is 28.7 Å². The maximum absolute atomic E-state index is 14.6. The maximum atomic E-state index is 14.6. The monoisotopic (exact) mass is 480 g/mol. The second kappa shape index (κ2) is 9.21. The minimum atomic E-state index is -4.86. The standard InChI is InChI=1S/C23H24F4N4O3/c1-13-11-31-12-15(22(33)30-6-8-34-9-7-30)10-17(20(31)28-13)21(32)29-14(2)16-4-3-5-18(19(16)24)23(25,26)27/h3-5,10,12-14H,6-9,11H2,1-2H3,(H,29,32)/t13-,14-/m1/s1. The molecule has 1 fully saturated rings. The number of nitrogens with zero attached hydrogens (tertiary/aromatic N) is 3. The van der Waals surface area contributed by atoms with Gasteiger partial charge in [0, 0.05) is 31.4 Å². The highest BCUT2D eigenvalue weighted by Crippen LogP contribution is 2.34. The molecule has 1 N–H and O–H groups in total. The van der Waals surface area contributed by atoms with Crippen molar-refractivity contribution in [2.45, 2.75) is 32.1 Å². The van der Waals surface area contributed by atoms with Crippen LogP contribution < -0.4 is 5.32 Å². The number of hydrogen-bond acceptors (Lipinski definition) is 5. The highest BCUT2D eigenvalue weighted by atomic mass is 19.4. The molecule has 0 aromatic heterocycles. The molecule has 0 spiro atoms. The second-order valence-electron chi connectivity index (χ2n) is 8.40. The molecule has 0 saturated carbocycles. The fourth-order valence-electron chi connectivity index (χ4n) is 4.15. The van der Waals surface area contributed by atoms with Crippen molar-refractivity contribution in [3.8, 4) is 0 Å². The Labute approximate surface area is 193 Å². The van der Waals surface area contributed by atoms with Crippen LogP contribution in [0.15, 0.2) is 46.6 Å². The van der Waals surface area contributed by atoms with Crippen LogP contribution in [0, 0.1) is 5.82 Å². The number of fused-ring (bicyclic) bond motifs is 1. The summed E-state index contributed by atoms with van der Waals surface area (Å²) in [5.41, 5.74) is -1.30. The van der Waals surface area contributed by atoms with Crippen LogP contribution in [0.2, 0.25) is 0 Å². The Kier molecular flexibility index (Phi) is 6.48. The number of carbonyl (C=O) groups is 2. The summed E-state index contributed by atoms with van der Waals surface area (Å²) in [6.07, 6.45) is -1.78. The lowest BCUT2D eigenvalue weighted by Gasteiger charge is -2.30. The number of ether oxygens (including phenoxy) is 1. The number of halogens is 4. The number of aliphatic imine (C=N–C) groups is 1. The molecule has 0 aliphatic carbocycles. The van der Waals surface area contributed by atoms with Crippen molar-refractivity contribution in [1.29, 1.82) is 0 Å². The van der Waals surface area contributed by atoms with Gasteiger partial charge in [0.15, 0.2) is 0 Å². The summed E-state index contributed by atoms with van der Waals surface area (Å²) < 4.78 is 59.1. The highest BCUT2D eigenvalue weighted by molar-refractivity contribution is 6.23. The molecule has 1 saturated heterocycles. The second-order valence-corrected chi connectivity index (χ2v) is 8.40. The van der Waals surface area contributed by atoms with Crippen molar-refractivity contribution in [3.63, 3.8) is 0 Å². The Balaban J connectivity index is 1.59. The highest BCUT2D eigenvalue weighted by Gasteiger charge is 2.37.